The number of hydrogen-bond acceptors (Lipinski definition) is 5. The highest BCUT2D eigenvalue weighted by atomic mass is 79.9. The molecule has 7 nitrogen and oxygen atoms in total. The molecule has 1 aliphatic rings. The summed E-state index contributed by atoms with van der Waals surface area (Å²) in [6.07, 6.45) is 0.535. The van der Waals surface area contributed by atoms with Crippen LogP contribution < -0.4 is 10.3 Å². The van der Waals surface area contributed by atoms with Crippen molar-refractivity contribution in [3.8, 4) is 17.0 Å². The van der Waals surface area contributed by atoms with Crippen molar-refractivity contribution in [1.29, 1.82) is 0 Å². The van der Waals surface area contributed by atoms with E-state index in [1.165, 1.54) is 15.8 Å². The SMILES string of the molecule is COc1ccc(C2CC(c3ccc(Br)cc3)=NN2C(=O)Cn2nc(-c3ccc(Cl)cc3)ccc2=O)cc1. The summed E-state index contributed by atoms with van der Waals surface area (Å²) >= 11 is 9.45. The van der Waals surface area contributed by atoms with Gasteiger partial charge in [-0.2, -0.15) is 10.2 Å². The first-order valence-electron chi connectivity index (χ1n) is 11.5. The molecular weight excluding hydrogens is 556 g/mol. The topological polar surface area (TPSA) is 76.8 Å². The second kappa shape index (κ2) is 10.7. The zero-order valence-corrected chi connectivity index (χ0v) is 22.2. The Kier molecular flexibility index (Phi) is 7.21. The van der Waals surface area contributed by atoms with Crippen LogP contribution >= 0.6 is 27.5 Å². The molecule has 0 saturated heterocycles. The van der Waals surface area contributed by atoms with Gasteiger partial charge in [0.1, 0.15) is 12.3 Å². The minimum atomic E-state index is -0.372. The lowest BCUT2D eigenvalue weighted by Crippen LogP contribution is -2.34. The van der Waals surface area contributed by atoms with Crippen LogP contribution in [0.4, 0.5) is 0 Å². The second-order valence-corrected chi connectivity index (χ2v) is 9.86. The monoisotopic (exact) mass is 576 g/mol. The summed E-state index contributed by atoms with van der Waals surface area (Å²) in [5, 5.41) is 11.2. The molecular formula is C28H22BrClN4O3. The van der Waals surface area contributed by atoms with Crippen LogP contribution in [0.1, 0.15) is 23.6 Å². The average molecular weight is 578 g/mol. The number of benzene rings is 3. The highest BCUT2D eigenvalue weighted by Gasteiger charge is 2.33. The van der Waals surface area contributed by atoms with E-state index in [-0.39, 0.29) is 24.1 Å². The fourth-order valence-electron chi connectivity index (χ4n) is 4.18. The van der Waals surface area contributed by atoms with Crippen LogP contribution in [-0.4, -0.2) is 33.5 Å². The number of hydrogen-bond donors (Lipinski definition) is 0. The number of rotatable bonds is 6. The van der Waals surface area contributed by atoms with Gasteiger partial charge in [0.25, 0.3) is 11.5 Å². The molecule has 0 radical (unpaired) electrons. The maximum absolute atomic E-state index is 13.6. The quantitative estimate of drug-likeness (QED) is 0.294. The van der Waals surface area contributed by atoms with E-state index in [1.54, 1.807) is 25.3 Å². The van der Waals surface area contributed by atoms with E-state index >= 15 is 0 Å². The molecule has 0 aliphatic carbocycles. The number of carbonyl (C=O) groups excluding carboxylic acids is 1. The van der Waals surface area contributed by atoms with Crippen molar-refractivity contribution >= 4 is 39.1 Å². The van der Waals surface area contributed by atoms with Crippen molar-refractivity contribution in [1.82, 2.24) is 14.8 Å². The molecule has 0 spiro atoms. The normalized spacial score (nSPS) is 14.9. The number of amides is 1. The number of carbonyl (C=O) groups is 1. The third-order valence-corrected chi connectivity index (χ3v) is 6.92. The Labute approximate surface area is 227 Å². The van der Waals surface area contributed by atoms with Crippen LogP contribution in [-0.2, 0) is 11.3 Å². The van der Waals surface area contributed by atoms with E-state index in [0.717, 1.165) is 32.6 Å². The highest BCUT2D eigenvalue weighted by molar-refractivity contribution is 9.10. The standard InChI is InChI=1S/C28H22BrClN4O3/c1-37-23-12-6-20(7-13-23)26-16-25(19-2-8-21(29)9-3-19)32-34(26)28(36)17-33-27(35)15-14-24(31-33)18-4-10-22(30)11-5-18/h2-15,26H,16-17H2,1H3. The molecule has 37 heavy (non-hydrogen) atoms. The lowest BCUT2D eigenvalue weighted by atomic mass is 9.98. The molecule has 0 bridgehead atoms. The second-order valence-electron chi connectivity index (χ2n) is 8.51. The van der Waals surface area contributed by atoms with Gasteiger partial charge < -0.3 is 4.74 Å². The number of methoxy groups -OCH3 is 1. The number of halogens is 2. The largest absolute Gasteiger partial charge is 0.497 e. The third-order valence-electron chi connectivity index (χ3n) is 6.14. The van der Waals surface area contributed by atoms with Gasteiger partial charge in [0, 0.05) is 27.5 Å². The maximum Gasteiger partial charge on any atom is 0.267 e. The summed E-state index contributed by atoms with van der Waals surface area (Å²) in [5.74, 6) is 0.388. The molecule has 1 aromatic heterocycles. The van der Waals surface area contributed by atoms with Gasteiger partial charge in [0.15, 0.2) is 0 Å². The lowest BCUT2D eigenvalue weighted by molar-refractivity contribution is -0.133. The van der Waals surface area contributed by atoms with Crippen LogP contribution in [0.5, 0.6) is 5.75 Å². The predicted octanol–water partition coefficient (Wildman–Crippen LogP) is 5.71. The first-order chi connectivity index (χ1) is 17.9. The van der Waals surface area contributed by atoms with Gasteiger partial charge in [0.2, 0.25) is 0 Å². The van der Waals surface area contributed by atoms with Gasteiger partial charge in [-0.15, -0.1) is 0 Å². The Morgan fingerprint density at radius 3 is 2.32 bits per heavy atom. The molecule has 1 atom stereocenters. The fraction of sp³-hybridized carbons (Fsp3) is 0.143. The first-order valence-corrected chi connectivity index (χ1v) is 12.7. The first kappa shape index (κ1) is 24.9. The molecule has 0 saturated carbocycles. The van der Waals surface area contributed by atoms with Crippen LogP contribution in [0.25, 0.3) is 11.3 Å². The van der Waals surface area contributed by atoms with E-state index in [4.69, 9.17) is 21.4 Å². The lowest BCUT2D eigenvalue weighted by Gasteiger charge is -2.22. The third kappa shape index (κ3) is 5.50. The molecule has 4 aromatic rings. The molecule has 1 aliphatic heterocycles. The highest BCUT2D eigenvalue weighted by Crippen LogP contribution is 2.34. The Balaban J connectivity index is 1.46. The molecule has 1 unspecified atom stereocenters. The summed E-state index contributed by atoms with van der Waals surface area (Å²) in [6, 6.07) is 25.2. The number of ether oxygens (including phenoxy) is 1. The number of nitrogens with zero attached hydrogens (tertiary/aromatic N) is 4. The molecule has 3 aromatic carbocycles. The van der Waals surface area contributed by atoms with E-state index in [1.807, 2.05) is 60.7 Å². The van der Waals surface area contributed by atoms with Crippen molar-refractivity contribution in [3.63, 3.8) is 0 Å². The van der Waals surface area contributed by atoms with Crippen LogP contribution in [0, 0.1) is 0 Å². The Hall–Kier alpha value is -3.75. The maximum atomic E-state index is 13.6. The van der Waals surface area contributed by atoms with Crippen molar-refractivity contribution < 1.29 is 9.53 Å². The van der Waals surface area contributed by atoms with Crippen LogP contribution in [0.15, 0.2) is 99.3 Å². The van der Waals surface area contributed by atoms with Gasteiger partial charge in [-0.05, 0) is 53.6 Å². The average Bonchev–Trinajstić information content (AvgIpc) is 3.36. The van der Waals surface area contributed by atoms with E-state index < -0.39 is 0 Å². The zero-order valence-electron chi connectivity index (χ0n) is 19.8. The summed E-state index contributed by atoms with van der Waals surface area (Å²) in [4.78, 5) is 26.2. The molecule has 0 fully saturated rings. The van der Waals surface area contributed by atoms with Gasteiger partial charge in [-0.1, -0.05) is 63.9 Å². The predicted molar refractivity (Wildman–Crippen MR) is 147 cm³/mol. The molecule has 2 heterocycles. The Morgan fingerprint density at radius 2 is 1.65 bits per heavy atom. The van der Waals surface area contributed by atoms with E-state index in [2.05, 4.69) is 21.0 Å². The molecule has 5 rings (SSSR count). The van der Waals surface area contributed by atoms with Crippen molar-refractivity contribution in [2.24, 2.45) is 5.10 Å². The Morgan fingerprint density at radius 1 is 0.973 bits per heavy atom. The summed E-state index contributed by atoms with van der Waals surface area (Å²) in [6.45, 7) is -0.246. The van der Waals surface area contributed by atoms with Crippen LogP contribution in [0.3, 0.4) is 0 Å². The van der Waals surface area contributed by atoms with Gasteiger partial charge in [0.05, 0.1) is 24.6 Å². The van der Waals surface area contributed by atoms with Crippen molar-refractivity contribution in [2.45, 2.75) is 19.0 Å². The molecule has 1 amide bonds. The van der Waals surface area contributed by atoms with Crippen molar-refractivity contribution in [3.05, 3.63) is 116 Å². The Bertz CT molecular complexity index is 1520. The number of hydrazone groups is 1. The summed E-state index contributed by atoms with van der Waals surface area (Å²) in [7, 11) is 1.61. The molecule has 0 N–H and O–H groups in total. The van der Waals surface area contributed by atoms with Gasteiger partial charge >= 0.3 is 0 Å². The minimum Gasteiger partial charge on any atom is -0.497 e. The minimum absolute atomic E-state index is 0.246. The molecule has 186 valence electrons. The molecule has 9 heteroatoms. The van der Waals surface area contributed by atoms with Crippen LogP contribution in [0.2, 0.25) is 5.02 Å². The summed E-state index contributed by atoms with van der Waals surface area (Å²) in [5.41, 5.74) is 3.62. The smallest absolute Gasteiger partial charge is 0.267 e. The van der Waals surface area contributed by atoms with Crippen molar-refractivity contribution in [2.75, 3.05) is 7.11 Å². The summed E-state index contributed by atoms with van der Waals surface area (Å²) < 4.78 is 7.42. The fourth-order valence-corrected chi connectivity index (χ4v) is 4.57. The van der Waals surface area contributed by atoms with E-state index in [0.29, 0.717) is 17.1 Å². The van der Waals surface area contributed by atoms with Gasteiger partial charge in [-0.3, -0.25) is 9.59 Å². The van der Waals surface area contributed by atoms with E-state index in [9.17, 15) is 9.59 Å². The zero-order chi connectivity index (χ0) is 25.9. The van der Waals surface area contributed by atoms with Gasteiger partial charge in [-0.25, -0.2) is 9.69 Å². The number of aromatic nitrogens is 2.